The van der Waals surface area contributed by atoms with Crippen LogP contribution in [0.2, 0.25) is 0 Å². The summed E-state index contributed by atoms with van der Waals surface area (Å²) in [5.41, 5.74) is 0. The summed E-state index contributed by atoms with van der Waals surface area (Å²) in [4.78, 5) is 10.7. The molecule has 2 unspecified atom stereocenters. The first-order valence-corrected chi connectivity index (χ1v) is 6.69. The predicted octanol–water partition coefficient (Wildman–Crippen LogP) is 1.51. The van der Waals surface area contributed by atoms with Crippen LogP contribution in [-0.4, -0.2) is 40.8 Å². The lowest BCUT2D eigenvalue weighted by Crippen LogP contribution is -2.35. The summed E-state index contributed by atoms with van der Waals surface area (Å²) in [6.45, 7) is 6.35. The predicted molar refractivity (Wildman–Crippen MR) is 72.8 cm³/mol. The lowest BCUT2D eigenvalue weighted by atomic mass is 10.0. The maximum Gasteiger partial charge on any atom is 0.134 e. The molecule has 1 aliphatic rings. The number of aromatic nitrogens is 2. The number of hydrogen-bond donors (Lipinski definition) is 2. The lowest BCUT2D eigenvalue weighted by molar-refractivity contribution is 0.244. The summed E-state index contributed by atoms with van der Waals surface area (Å²) in [6.07, 6.45) is 3.76. The van der Waals surface area contributed by atoms with Gasteiger partial charge in [-0.25, -0.2) is 9.97 Å². The molecule has 2 N–H and O–H groups in total. The van der Waals surface area contributed by atoms with Gasteiger partial charge in [0.15, 0.2) is 0 Å². The van der Waals surface area contributed by atoms with Crippen LogP contribution in [0, 0.1) is 5.92 Å². The molecule has 2 heterocycles. The van der Waals surface area contributed by atoms with Crippen LogP contribution >= 0.6 is 0 Å². The van der Waals surface area contributed by atoms with Gasteiger partial charge in [-0.3, -0.25) is 0 Å². The summed E-state index contributed by atoms with van der Waals surface area (Å²) in [6, 6.07) is 2.15. The number of anilines is 2. The van der Waals surface area contributed by atoms with Crippen molar-refractivity contribution < 1.29 is 5.11 Å². The third-order valence-corrected chi connectivity index (χ3v) is 3.57. The molecule has 1 aromatic heterocycles. The summed E-state index contributed by atoms with van der Waals surface area (Å²) >= 11 is 0. The second-order valence-electron chi connectivity index (χ2n) is 4.90. The van der Waals surface area contributed by atoms with Crippen molar-refractivity contribution in [1.29, 1.82) is 0 Å². The lowest BCUT2D eigenvalue weighted by Gasteiger charge is -2.26. The van der Waals surface area contributed by atoms with Crippen molar-refractivity contribution in [3.63, 3.8) is 0 Å². The summed E-state index contributed by atoms with van der Waals surface area (Å²) < 4.78 is 0. The van der Waals surface area contributed by atoms with Gasteiger partial charge in [0.2, 0.25) is 0 Å². The highest BCUT2D eigenvalue weighted by molar-refractivity contribution is 5.50. The molecular formula is C13H22N4O. The van der Waals surface area contributed by atoms with E-state index in [9.17, 15) is 5.11 Å². The Kier molecular flexibility index (Phi) is 4.36. The minimum absolute atomic E-state index is 0.180. The van der Waals surface area contributed by atoms with Crippen molar-refractivity contribution in [3.05, 3.63) is 12.4 Å². The Morgan fingerprint density at radius 1 is 1.50 bits per heavy atom. The fourth-order valence-corrected chi connectivity index (χ4v) is 2.42. The standard InChI is InChI=1S/C13H22N4O/c1-3-5-14-12-7-13(16-9-15-12)17-6-4-10(2)11(17)8-18/h7,9-11,18H,3-6,8H2,1-2H3,(H,14,15,16). The molecule has 1 fully saturated rings. The molecule has 0 aliphatic carbocycles. The number of aliphatic hydroxyl groups is 1. The largest absolute Gasteiger partial charge is 0.394 e. The van der Waals surface area contributed by atoms with Crippen molar-refractivity contribution >= 4 is 11.6 Å². The van der Waals surface area contributed by atoms with Gasteiger partial charge in [-0.05, 0) is 18.8 Å². The van der Waals surface area contributed by atoms with Crippen molar-refractivity contribution in [2.45, 2.75) is 32.7 Å². The van der Waals surface area contributed by atoms with Gasteiger partial charge in [-0.15, -0.1) is 0 Å². The molecule has 1 aliphatic heterocycles. The zero-order chi connectivity index (χ0) is 13.0. The number of nitrogens with one attached hydrogen (secondary N) is 1. The van der Waals surface area contributed by atoms with E-state index in [1.54, 1.807) is 6.33 Å². The quantitative estimate of drug-likeness (QED) is 0.829. The van der Waals surface area contributed by atoms with Gasteiger partial charge in [0.25, 0.3) is 0 Å². The topological polar surface area (TPSA) is 61.3 Å². The zero-order valence-electron chi connectivity index (χ0n) is 11.1. The summed E-state index contributed by atoms with van der Waals surface area (Å²) in [7, 11) is 0. The molecule has 1 saturated heterocycles. The van der Waals surface area contributed by atoms with Crippen LogP contribution in [0.1, 0.15) is 26.7 Å². The van der Waals surface area contributed by atoms with E-state index in [2.05, 4.69) is 34.0 Å². The van der Waals surface area contributed by atoms with E-state index in [0.717, 1.165) is 37.6 Å². The first-order chi connectivity index (χ1) is 8.76. The van der Waals surface area contributed by atoms with Crippen LogP contribution in [0.25, 0.3) is 0 Å². The molecule has 1 aromatic rings. The van der Waals surface area contributed by atoms with E-state index in [0.29, 0.717) is 5.92 Å². The Morgan fingerprint density at radius 3 is 3.06 bits per heavy atom. The highest BCUT2D eigenvalue weighted by Gasteiger charge is 2.31. The number of nitrogens with zero attached hydrogens (tertiary/aromatic N) is 3. The molecule has 5 heteroatoms. The van der Waals surface area contributed by atoms with E-state index >= 15 is 0 Å². The van der Waals surface area contributed by atoms with Crippen molar-refractivity contribution in [1.82, 2.24) is 9.97 Å². The molecule has 0 spiro atoms. The Labute approximate surface area is 108 Å². The van der Waals surface area contributed by atoms with Gasteiger partial charge < -0.3 is 15.3 Å². The molecule has 0 saturated carbocycles. The molecule has 100 valence electrons. The second-order valence-corrected chi connectivity index (χ2v) is 4.90. The average Bonchev–Trinajstić information content (AvgIpc) is 2.77. The highest BCUT2D eigenvalue weighted by Crippen LogP contribution is 2.28. The Bertz CT molecular complexity index is 385. The van der Waals surface area contributed by atoms with E-state index < -0.39 is 0 Å². The third kappa shape index (κ3) is 2.72. The highest BCUT2D eigenvalue weighted by atomic mass is 16.3. The molecule has 0 radical (unpaired) electrons. The van der Waals surface area contributed by atoms with Crippen molar-refractivity contribution in [2.75, 3.05) is 29.9 Å². The molecule has 2 rings (SSSR count). The van der Waals surface area contributed by atoms with Crippen LogP contribution in [-0.2, 0) is 0 Å². The van der Waals surface area contributed by atoms with E-state index in [-0.39, 0.29) is 12.6 Å². The fourth-order valence-electron chi connectivity index (χ4n) is 2.42. The SMILES string of the molecule is CCCNc1cc(N2CCC(C)C2CO)ncn1. The van der Waals surface area contributed by atoms with Crippen molar-refractivity contribution in [2.24, 2.45) is 5.92 Å². The first kappa shape index (κ1) is 13.1. The van der Waals surface area contributed by atoms with Gasteiger partial charge in [0.05, 0.1) is 12.6 Å². The van der Waals surface area contributed by atoms with Crippen LogP contribution in [0.4, 0.5) is 11.6 Å². The summed E-state index contributed by atoms with van der Waals surface area (Å²) in [5, 5.41) is 12.7. The second kappa shape index (κ2) is 6.00. The normalized spacial score (nSPS) is 23.4. The molecule has 0 amide bonds. The van der Waals surface area contributed by atoms with Gasteiger partial charge in [0, 0.05) is 19.2 Å². The Morgan fingerprint density at radius 2 is 2.33 bits per heavy atom. The fraction of sp³-hybridized carbons (Fsp3) is 0.692. The number of rotatable bonds is 5. The maximum atomic E-state index is 9.48. The van der Waals surface area contributed by atoms with Gasteiger partial charge in [0.1, 0.15) is 18.0 Å². The van der Waals surface area contributed by atoms with Gasteiger partial charge in [-0.1, -0.05) is 13.8 Å². The van der Waals surface area contributed by atoms with Crippen LogP contribution < -0.4 is 10.2 Å². The molecule has 0 bridgehead atoms. The Hall–Kier alpha value is -1.36. The number of hydrogen-bond acceptors (Lipinski definition) is 5. The minimum Gasteiger partial charge on any atom is -0.394 e. The molecule has 0 aromatic carbocycles. The first-order valence-electron chi connectivity index (χ1n) is 6.69. The molecular weight excluding hydrogens is 228 g/mol. The zero-order valence-corrected chi connectivity index (χ0v) is 11.1. The average molecular weight is 250 g/mol. The van der Waals surface area contributed by atoms with Crippen LogP contribution in [0.5, 0.6) is 0 Å². The molecule has 5 nitrogen and oxygen atoms in total. The number of aliphatic hydroxyl groups excluding tert-OH is 1. The van der Waals surface area contributed by atoms with Crippen LogP contribution in [0.3, 0.4) is 0 Å². The van der Waals surface area contributed by atoms with Crippen molar-refractivity contribution in [3.8, 4) is 0 Å². The van der Waals surface area contributed by atoms with Crippen LogP contribution in [0.15, 0.2) is 12.4 Å². The van der Waals surface area contributed by atoms with E-state index in [1.807, 2.05) is 6.07 Å². The summed E-state index contributed by atoms with van der Waals surface area (Å²) in [5.74, 6) is 2.28. The minimum atomic E-state index is 0.180. The molecule has 18 heavy (non-hydrogen) atoms. The molecule has 2 atom stereocenters. The van der Waals surface area contributed by atoms with E-state index in [1.165, 1.54) is 0 Å². The third-order valence-electron chi connectivity index (χ3n) is 3.57. The smallest absolute Gasteiger partial charge is 0.134 e. The monoisotopic (exact) mass is 250 g/mol. The van der Waals surface area contributed by atoms with E-state index in [4.69, 9.17) is 0 Å². The van der Waals surface area contributed by atoms with Gasteiger partial charge in [-0.2, -0.15) is 0 Å². The van der Waals surface area contributed by atoms with Gasteiger partial charge >= 0.3 is 0 Å². The maximum absolute atomic E-state index is 9.48. The Balaban J connectivity index is 2.12.